The van der Waals surface area contributed by atoms with Crippen LogP contribution in [0, 0.1) is 0 Å². The highest BCUT2D eigenvalue weighted by Crippen LogP contribution is 1.97. The smallest absolute Gasteiger partial charge is 0.273 e. The maximum atomic E-state index is 11.3. The van der Waals surface area contributed by atoms with Gasteiger partial charge in [-0.05, 0) is 6.42 Å². The molecule has 2 unspecified atom stereocenters. The van der Waals surface area contributed by atoms with Crippen LogP contribution in [-0.4, -0.2) is 43.6 Å². The van der Waals surface area contributed by atoms with E-state index in [0.717, 1.165) is 0 Å². The van der Waals surface area contributed by atoms with E-state index in [2.05, 4.69) is 20.7 Å². The number of carbonyl (C=O) groups excluding carboxylic acids is 1. The molecule has 6 nitrogen and oxygen atoms in total. The SMILES string of the molecule is CC(CCNC(=O)c1cn[nH]n1)S(C)=O. The van der Waals surface area contributed by atoms with Crippen molar-refractivity contribution in [2.24, 2.45) is 0 Å². The molecule has 7 heteroatoms. The third-order valence-electron chi connectivity index (χ3n) is 2.05. The Morgan fingerprint density at radius 3 is 3.00 bits per heavy atom. The average Bonchev–Trinajstić information content (AvgIpc) is 2.70. The van der Waals surface area contributed by atoms with Crippen LogP contribution in [0.25, 0.3) is 0 Å². The molecule has 0 aromatic carbocycles. The number of amides is 1. The Hall–Kier alpha value is -1.24. The lowest BCUT2D eigenvalue weighted by Gasteiger charge is -2.07. The van der Waals surface area contributed by atoms with Gasteiger partial charge in [-0.25, -0.2) is 0 Å². The zero-order chi connectivity index (χ0) is 11.3. The van der Waals surface area contributed by atoms with Crippen LogP contribution in [0.1, 0.15) is 23.8 Å². The maximum absolute atomic E-state index is 11.3. The topological polar surface area (TPSA) is 87.7 Å². The van der Waals surface area contributed by atoms with Crippen molar-refractivity contribution in [2.45, 2.75) is 18.6 Å². The summed E-state index contributed by atoms with van der Waals surface area (Å²) in [7, 11) is -0.847. The van der Waals surface area contributed by atoms with Gasteiger partial charge in [0.1, 0.15) is 0 Å². The molecule has 0 radical (unpaired) electrons. The number of hydrogen-bond acceptors (Lipinski definition) is 4. The van der Waals surface area contributed by atoms with E-state index in [9.17, 15) is 9.00 Å². The van der Waals surface area contributed by atoms with Crippen molar-refractivity contribution >= 4 is 16.7 Å². The minimum atomic E-state index is -0.847. The van der Waals surface area contributed by atoms with Gasteiger partial charge in [0.05, 0.1) is 6.20 Å². The van der Waals surface area contributed by atoms with Crippen LogP contribution < -0.4 is 5.32 Å². The highest BCUT2D eigenvalue weighted by atomic mass is 32.2. The van der Waals surface area contributed by atoms with Gasteiger partial charge in [0.25, 0.3) is 5.91 Å². The third kappa shape index (κ3) is 3.78. The summed E-state index contributed by atoms with van der Waals surface area (Å²) in [5.41, 5.74) is 0.264. The third-order valence-corrected chi connectivity index (χ3v) is 3.42. The van der Waals surface area contributed by atoms with Gasteiger partial charge in [-0.2, -0.15) is 15.4 Å². The van der Waals surface area contributed by atoms with Gasteiger partial charge in [0.2, 0.25) is 0 Å². The van der Waals surface area contributed by atoms with Gasteiger partial charge in [-0.15, -0.1) is 0 Å². The quantitative estimate of drug-likeness (QED) is 0.726. The van der Waals surface area contributed by atoms with E-state index < -0.39 is 10.8 Å². The van der Waals surface area contributed by atoms with Crippen molar-refractivity contribution in [2.75, 3.05) is 12.8 Å². The van der Waals surface area contributed by atoms with E-state index in [-0.39, 0.29) is 16.9 Å². The van der Waals surface area contributed by atoms with Crippen molar-refractivity contribution in [1.29, 1.82) is 0 Å². The van der Waals surface area contributed by atoms with Crippen LogP contribution in [0.5, 0.6) is 0 Å². The number of nitrogens with zero attached hydrogens (tertiary/aromatic N) is 2. The predicted molar refractivity (Wildman–Crippen MR) is 56.9 cm³/mol. The standard InChI is InChI=1S/C8H14N4O2S/c1-6(15(2)14)3-4-9-8(13)7-5-10-12-11-7/h5-6H,3-4H2,1-2H3,(H,9,13)(H,10,11,12). The number of carbonyl (C=O) groups is 1. The Morgan fingerprint density at radius 2 is 2.47 bits per heavy atom. The van der Waals surface area contributed by atoms with Crippen LogP contribution in [0.15, 0.2) is 6.20 Å². The summed E-state index contributed by atoms with van der Waals surface area (Å²) in [6, 6.07) is 0. The monoisotopic (exact) mass is 230 g/mol. The Labute approximate surface area is 90.3 Å². The largest absolute Gasteiger partial charge is 0.351 e. The highest BCUT2D eigenvalue weighted by molar-refractivity contribution is 7.84. The predicted octanol–water partition coefficient (Wildman–Crippen LogP) is -0.308. The molecule has 1 aromatic rings. The number of rotatable bonds is 5. The van der Waals surface area contributed by atoms with Crippen molar-refractivity contribution < 1.29 is 9.00 Å². The fourth-order valence-corrected chi connectivity index (χ4v) is 1.41. The number of aromatic amines is 1. The molecule has 1 heterocycles. The first-order chi connectivity index (χ1) is 7.11. The fraction of sp³-hybridized carbons (Fsp3) is 0.625. The molecule has 1 amide bonds. The zero-order valence-electron chi connectivity index (χ0n) is 8.69. The second-order valence-corrected chi connectivity index (χ2v) is 5.01. The van der Waals surface area contributed by atoms with Gasteiger partial charge in [-0.1, -0.05) is 6.92 Å². The Kier molecular flexibility index (Phi) is 4.41. The van der Waals surface area contributed by atoms with Gasteiger partial charge in [0, 0.05) is 28.9 Å². The van der Waals surface area contributed by atoms with E-state index in [0.29, 0.717) is 13.0 Å². The molecule has 0 aliphatic rings. The van der Waals surface area contributed by atoms with E-state index in [1.807, 2.05) is 6.92 Å². The summed E-state index contributed by atoms with van der Waals surface area (Å²) in [6.07, 6.45) is 3.70. The first-order valence-electron chi connectivity index (χ1n) is 4.57. The molecule has 0 aliphatic heterocycles. The molecule has 84 valence electrons. The normalized spacial score (nSPS) is 14.5. The average molecular weight is 230 g/mol. The minimum absolute atomic E-state index is 0.0857. The van der Waals surface area contributed by atoms with Gasteiger partial charge < -0.3 is 5.32 Å². The summed E-state index contributed by atoms with van der Waals surface area (Å²) < 4.78 is 11.0. The maximum Gasteiger partial charge on any atom is 0.273 e. The summed E-state index contributed by atoms with van der Waals surface area (Å²) >= 11 is 0. The molecule has 0 saturated heterocycles. The van der Waals surface area contributed by atoms with Crippen LogP contribution in [0.3, 0.4) is 0 Å². The lowest BCUT2D eigenvalue weighted by molar-refractivity contribution is 0.0948. The molecule has 0 aliphatic carbocycles. The number of hydrogen-bond donors (Lipinski definition) is 2. The summed E-state index contributed by atoms with van der Waals surface area (Å²) in [4.78, 5) is 11.3. The molecule has 1 aromatic heterocycles. The van der Waals surface area contributed by atoms with E-state index >= 15 is 0 Å². The molecule has 0 saturated carbocycles. The van der Waals surface area contributed by atoms with Gasteiger partial charge in [0.15, 0.2) is 5.69 Å². The first-order valence-corrected chi connectivity index (χ1v) is 6.19. The number of aromatic nitrogens is 3. The second kappa shape index (κ2) is 5.59. The van der Waals surface area contributed by atoms with Crippen molar-refractivity contribution in [1.82, 2.24) is 20.7 Å². The molecule has 0 fully saturated rings. The van der Waals surface area contributed by atoms with E-state index in [4.69, 9.17) is 0 Å². The van der Waals surface area contributed by atoms with E-state index in [1.54, 1.807) is 6.26 Å². The lowest BCUT2D eigenvalue weighted by Crippen LogP contribution is -2.27. The Balaban J connectivity index is 2.27. The van der Waals surface area contributed by atoms with Crippen molar-refractivity contribution in [3.05, 3.63) is 11.9 Å². The first kappa shape index (κ1) is 11.8. The highest BCUT2D eigenvalue weighted by Gasteiger charge is 2.09. The summed E-state index contributed by atoms with van der Waals surface area (Å²) in [6.45, 7) is 2.38. The van der Waals surface area contributed by atoms with Crippen LogP contribution >= 0.6 is 0 Å². The van der Waals surface area contributed by atoms with Crippen molar-refractivity contribution in [3.8, 4) is 0 Å². The summed E-state index contributed by atoms with van der Waals surface area (Å²) in [5.74, 6) is -0.266. The Morgan fingerprint density at radius 1 is 1.73 bits per heavy atom. The van der Waals surface area contributed by atoms with Crippen LogP contribution in [0.4, 0.5) is 0 Å². The molecule has 2 N–H and O–H groups in total. The Bertz CT molecular complexity index is 338. The molecular formula is C8H14N4O2S. The molecule has 0 bridgehead atoms. The van der Waals surface area contributed by atoms with Gasteiger partial charge in [-0.3, -0.25) is 9.00 Å². The zero-order valence-corrected chi connectivity index (χ0v) is 9.50. The molecular weight excluding hydrogens is 216 g/mol. The lowest BCUT2D eigenvalue weighted by atomic mass is 10.3. The number of H-pyrrole nitrogens is 1. The van der Waals surface area contributed by atoms with E-state index in [1.165, 1.54) is 6.20 Å². The minimum Gasteiger partial charge on any atom is -0.351 e. The molecule has 0 spiro atoms. The van der Waals surface area contributed by atoms with Crippen LogP contribution in [-0.2, 0) is 10.8 Å². The van der Waals surface area contributed by atoms with Gasteiger partial charge >= 0.3 is 0 Å². The second-order valence-electron chi connectivity index (χ2n) is 3.21. The van der Waals surface area contributed by atoms with Crippen LogP contribution in [0.2, 0.25) is 0 Å². The molecule has 15 heavy (non-hydrogen) atoms. The van der Waals surface area contributed by atoms with Crippen molar-refractivity contribution in [3.63, 3.8) is 0 Å². The fourth-order valence-electron chi connectivity index (χ4n) is 0.956. The summed E-state index contributed by atoms with van der Waals surface area (Å²) in [5, 5.41) is 12.3. The molecule has 1 rings (SSSR count). The molecule has 2 atom stereocenters. The number of nitrogens with one attached hydrogen (secondary N) is 2.